The van der Waals surface area contributed by atoms with Gasteiger partial charge in [-0.2, -0.15) is 18.3 Å². The van der Waals surface area contributed by atoms with Crippen molar-refractivity contribution in [2.45, 2.75) is 6.18 Å². The van der Waals surface area contributed by atoms with Gasteiger partial charge >= 0.3 is 12.1 Å². The van der Waals surface area contributed by atoms with Crippen molar-refractivity contribution in [2.24, 2.45) is 0 Å². The first-order valence-electron chi connectivity index (χ1n) is 8.68. The highest BCUT2D eigenvalue weighted by Gasteiger charge is 2.40. The Morgan fingerprint density at radius 2 is 1.77 bits per heavy atom. The summed E-state index contributed by atoms with van der Waals surface area (Å²) in [5, 5.41) is 13.8. The van der Waals surface area contributed by atoms with E-state index in [1.54, 1.807) is 4.90 Å². The topological polar surface area (TPSA) is 80.0 Å². The number of ether oxygens (including phenoxy) is 1. The van der Waals surface area contributed by atoms with Crippen molar-refractivity contribution >= 4 is 40.5 Å². The molecule has 0 bridgehead atoms. The van der Waals surface area contributed by atoms with Gasteiger partial charge in [-0.05, 0) is 18.2 Å². The molecule has 0 amide bonds. The number of halogens is 5. The molecule has 1 saturated heterocycles. The van der Waals surface area contributed by atoms with E-state index in [4.69, 9.17) is 27.9 Å². The van der Waals surface area contributed by atoms with E-state index in [2.05, 4.69) is 10.1 Å². The number of anilines is 1. The van der Waals surface area contributed by atoms with Gasteiger partial charge in [-0.1, -0.05) is 23.2 Å². The molecule has 1 fully saturated rings. The lowest BCUT2D eigenvalue weighted by atomic mass is 10.1. The summed E-state index contributed by atoms with van der Waals surface area (Å²) in [6.45, 7) is 1.20. The fourth-order valence-corrected chi connectivity index (χ4v) is 3.90. The fourth-order valence-electron chi connectivity index (χ4n) is 3.38. The first-order chi connectivity index (χ1) is 14.2. The highest BCUT2D eigenvalue weighted by molar-refractivity contribution is 6.35. The maximum atomic E-state index is 13.9. The maximum absolute atomic E-state index is 13.9. The third-order valence-electron chi connectivity index (χ3n) is 4.59. The largest absolute Gasteiger partial charge is 0.478 e. The molecule has 0 aliphatic carbocycles. The monoisotopic (exact) mass is 460 g/mol. The van der Waals surface area contributed by atoms with E-state index in [-0.39, 0.29) is 38.2 Å². The van der Waals surface area contributed by atoms with Crippen molar-refractivity contribution in [1.29, 1.82) is 0 Å². The third-order valence-corrected chi connectivity index (χ3v) is 5.02. The molecular weight excluding hydrogens is 448 g/mol. The molecule has 0 spiro atoms. The maximum Gasteiger partial charge on any atom is 0.435 e. The van der Waals surface area contributed by atoms with Crippen LogP contribution in [0.3, 0.4) is 0 Å². The Hall–Kier alpha value is -2.56. The molecule has 12 heteroatoms. The predicted molar refractivity (Wildman–Crippen MR) is 103 cm³/mol. The molecule has 3 aromatic rings. The number of benzene rings is 1. The van der Waals surface area contributed by atoms with Crippen LogP contribution >= 0.6 is 23.2 Å². The Morgan fingerprint density at radius 3 is 2.33 bits per heavy atom. The average molecular weight is 461 g/mol. The van der Waals surface area contributed by atoms with E-state index in [0.29, 0.717) is 26.3 Å². The zero-order chi connectivity index (χ0) is 21.6. The number of imidazole rings is 1. The Kier molecular flexibility index (Phi) is 5.25. The molecule has 158 valence electrons. The molecule has 1 aliphatic rings. The Balaban J connectivity index is 2.08. The summed E-state index contributed by atoms with van der Waals surface area (Å²) in [6.07, 6.45) is -3.82. The van der Waals surface area contributed by atoms with Crippen molar-refractivity contribution < 1.29 is 27.8 Å². The number of nitrogens with zero attached hydrogens (tertiary/aromatic N) is 4. The van der Waals surface area contributed by atoms with E-state index in [0.717, 1.165) is 10.7 Å². The van der Waals surface area contributed by atoms with Crippen molar-refractivity contribution in [3.05, 3.63) is 45.7 Å². The minimum Gasteiger partial charge on any atom is -0.478 e. The number of carboxylic acids is 1. The summed E-state index contributed by atoms with van der Waals surface area (Å²) >= 11 is 12.0. The van der Waals surface area contributed by atoms with Crippen LogP contribution in [0.5, 0.6) is 0 Å². The molecule has 0 radical (unpaired) electrons. The molecule has 0 atom stereocenters. The van der Waals surface area contributed by atoms with Gasteiger partial charge in [-0.15, -0.1) is 0 Å². The second-order valence-electron chi connectivity index (χ2n) is 6.51. The summed E-state index contributed by atoms with van der Waals surface area (Å²) in [7, 11) is 0. The molecular formula is C18H13Cl2F3N4O3. The average Bonchev–Trinajstić information content (AvgIpc) is 3.07. The van der Waals surface area contributed by atoms with Crippen LogP contribution in [0, 0.1) is 0 Å². The Morgan fingerprint density at radius 1 is 1.13 bits per heavy atom. The van der Waals surface area contributed by atoms with Crippen LogP contribution in [-0.4, -0.2) is 52.0 Å². The number of hydrogen-bond donors (Lipinski definition) is 1. The van der Waals surface area contributed by atoms with Gasteiger partial charge in [0.05, 0.1) is 25.1 Å². The molecule has 3 heterocycles. The standard InChI is InChI=1S/C18H13Cl2F3N4O3/c19-10-5-9(6-11(20)7-10)13-15(18(21,22)23)25-16-14(26-1-3-30-4-2-26)12(17(28)29)8-24-27(13)16/h5-8H,1-4H2,(H,28,29). The van der Waals surface area contributed by atoms with Gasteiger partial charge < -0.3 is 14.7 Å². The number of carbonyl (C=O) groups is 1. The van der Waals surface area contributed by atoms with E-state index < -0.39 is 17.8 Å². The highest BCUT2D eigenvalue weighted by atomic mass is 35.5. The van der Waals surface area contributed by atoms with E-state index in [9.17, 15) is 23.1 Å². The number of hydrogen-bond acceptors (Lipinski definition) is 5. The molecule has 1 N–H and O–H groups in total. The molecule has 4 rings (SSSR count). The lowest BCUT2D eigenvalue weighted by molar-refractivity contribution is -0.140. The van der Waals surface area contributed by atoms with Crippen LogP contribution in [0.1, 0.15) is 16.1 Å². The number of carboxylic acid groups (broad SMARTS) is 1. The molecule has 0 saturated carbocycles. The highest BCUT2D eigenvalue weighted by Crippen LogP contribution is 2.40. The first-order valence-corrected chi connectivity index (χ1v) is 9.44. The lowest BCUT2D eigenvalue weighted by Crippen LogP contribution is -2.37. The summed E-state index contributed by atoms with van der Waals surface area (Å²) in [5.74, 6) is -1.32. The van der Waals surface area contributed by atoms with Gasteiger partial charge in [0.25, 0.3) is 0 Å². The van der Waals surface area contributed by atoms with Crippen LogP contribution in [0.2, 0.25) is 10.0 Å². The minimum absolute atomic E-state index is 0.0469. The lowest BCUT2D eigenvalue weighted by Gasteiger charge is -2.29. The normalized spacial score (nSPS) is 15.0. The first kappa shape index (κ1) is 20.7. The zero-order valence-corrected chi connectivity index (χ0v) is 16.6. The van der Waals surface area contributed by atoms with Crippen LogP contribution in [0.25, 0.3) is 16.9 Å². The minimum atomic E-state index is -4.83. The summed E-state index contributed by atoms with van der Waals surface area (Å²) < 4.78 is 47.9. The van der Waals surface area contributed by atoms with E-state index in [1.807, 2.05) is 0 Å². The van der Waals surface area contributed by atoms with Gasteiger partial charge in [0.15, 0.2) is 11.3 Å². The van der Waals surface area contributed by atoms with Gasteiger partial charge in [0.1, 0.15) is 11.3 Å². The van der Waals surface area contributed by atoms with Gasteiger partial charge in [-0.3, -0.25) is 0 Å². The number of rotatable bonds is 3. The van der Waals surface area contributed by atoms with E-state index in [1.165, 1.54) is 18.2 Å². The van der Waals surface area contributed by atoms with Crippen molar-refractivity contribution in [3.8, 4) is 11.3 Å². The van der Waals surface area contributed by atoms with Crippen LogP contribution in [0.4, 0.5) is 18.9 Å². The predicted octanol–water partition coefficient (Wildman–Crippen LogP) is 4.26. The number of fused-ring (bicyclic) bond motifs is 1. The Labute approximate surface area is 177 Å². The third kappa shape index (κ3) is 3.66. The number of aromatic carboxylic acids is 1. The summed E-state index contributed by atoms with van der Waals surface area (Å²) in [6, 6.07) is 4.01. The van der Waals surface area contributed by atoms with Crippen molar-refractivity contribution in [2.75, 3.05) is 31.2 Å². The molecule has 2 aromatic heterocycles. The zero-order valence-electron chi connectivity index (χ0n) is 15.1. The van der Waals surface area contributed by atoms with Crippen molar-refractivity contribution in [1.82, 2.24) is 14.6 Å². The van der Waals surface area contributed by atoms with Gasteiger partial charge in [0, 0.05) is 28.7 Å². The number of aromatic nitrogens is 3. The quantitative estimate of drug-likeness (QED) is 0.628. The van der Waals surface area contributed by atoms with Crippen molar-refractivity contribution in [3.63, 3.8) is 0 Å². The molecule has 7 nitrogen and oxygen atoms in total. The number of alkyl halides is 3. The molecule has 1 aliphatic heterocycles. The SMILES string of the molecule is O=C(O)c1cnn2c(-c3cc(Cl)cc(Cl)c3)c(C(F)(F)F)nc2c1N1CCOCC1. The van der Waals surface area contributed by atoms with Crippen LogP contribution < -0.4 is 4.90 Å². The molecule has 30 heavy (non-hydrogen) atoms. The van der Waals surface area contributed by atoms with Crippen LogP contribution in [0.15, 0.2) is 24.4 Å². The number of morpholine rings is 1. The molecule has 0 unspecified atom stereocenters. The van der Waals surface area contributed by atoms with Gasteiger partial charge in [0.2, 0.25) is 0 Å². The second kappa shape index (κ2) is 7.60. The molecule has 1 aromatic carbocycles. The second-order valence-corrected chi connectivity index (χ2v) is 7.38. The van der Waals surface area contributed by atoms with E-state index >= 15 is 0 Å². The van der Waals surface area contributed by atoms with Crippen LogP contribution in [-0.2, 0) is 10.9 Å². The summed E-state index contributed by atoms with van der Waals surface area (Å²) in [4.78, 5) is 17.2. The van der Waals surface area contributed by atoms with Gasteiger partial charge in [-0.25, -0.2) is 14.3 Å². The summed E-state index contributed by atoms with van der Waals surface area (Å²) in [5.41, 5.74) is -1.98. The fraction of sp³-hybridized carbons (Fsp3) is 0.278. The smallest absolute Gasteiger partial charge is 0.435 e. The Bertz CT molecular complexity index is 1120.